The number of aryl methyl sites for hydroxylation is 3. The lowest BCUT2D eigenvalue weighted by Crippen LogP contribution is -2.16. The molecule has 0 aliphatic rings. The standard InChI is InChI=1S/C11H15N5/c1-8-3-2-4-9(7-8)5-6-10-14-15-11(12)16(10)13/h2-4,7H,5-6,13H2,1H3,(H2,12,15). The van der Waals surface area contributed by atoms with Crippen molar-refractivity contribution in [2.24, 2.45) is 0 Å². The average molecular weight is 217 g/mol. The van der Waals surface area contributed by atoms with E-state index >= 15 is 0 Å². The Bertz CT molecular complexity index is 489. The quantitative estimate of drug-likeness (QED) is 0.740. The highest BCUT2D eigenvalue weighted by Crippen LogP contribution is 2.08. The zero-order valence-corrected chi connectivity index (χ0v) is 9.22. The fraction of sp³-hybridized carbons (Fsp3) is 0.273. The van der Waals surface area contributed by atoms with Gasteiger partial charge in [0.15, 0.2) is 5.82 Å². The zero-order chi connectivity index (χ0) is 11.5. The van der Waals surface area contributed by atoms with Gasteiger partial charge in [-0.25, -0.2) is 4.68 Å². The van der Waals surface area contributed by atoms with E-state index in [0.29, 0.717) is 5.82 Å². The van der Waals surface area contributed by atoms with Gasteiger partial charge in [-0.3, -0.25) is 0 Å². The van der Waals surface area contributed by atoms with Crippen LogP contribution in [0.15, 0.2) is 24.3 Å². The first-order valence-electron chi connectivity index (χ1n) is 5.17. The summed E-state index contributed by atoms with van der Waals surface area (Å²) in [4.78, 5) is 0. The van der Waals surface area contributed by atoms with Crippen LogP contribution < -0.4 is 11.6 Å². The molecule has 5 nitrogen and oxygen atoms in total. The van der Waals surface area contributed by atoms with Crippen LogP contribution in [-0.2, 0) is 12.8 Å². The van der Waals surface area contributed by atoms with Crippen molar-refractivity contribution < 1.29 is 0 Å². The molecular formula is C11H15N5. The van der Waals surface area contributed by atoms with Gasteiger partial charge in [-0.1, -0.05) is 29.8 Å². The van der Waals surface area contributed by atoms with Crippen molar-refractivity contribution in [1.82, 2.24) is 14.9 Å². The Kier molecular flexibility index (Phi) is 2.76. The summed E-state index contributed by atoms with van der Waals surface area (Å²) >= 11 is 0. The second-order valence-corrected chi connectivity index (χ2v) is 3.83. The molecule has 2 aromatic rings. The molecule has 0 amide bonds. The Labute approximate surface area is 94.1 Å². The minimum atomic E-state index is 0.249. The van der Waals surface area contributed by atoms with Gasteiger partial charge in [-0.05, 0) is 18.9 Å². The van der Waals surface area contributed by atoms with Crippen LogP contribution in [0.3, 0.4) is 0 Å². The van der Waals surface area contributed by atoms with Gasteiger partial charge in [0.1, 0.15) is 0 Å². The minimum Gasteiger partial charge on any atom is -0.366 e. The van der Waals surface area contributed by atoms with Crippen LogP contribution in [0.5, 0.6) is 0 Å². The molecule has 0 aliphatic carbocycles. The van der Waals surface area contributed by atoms with E-state index < -0.39 is 0 Å². The van der Waals surface area contributed by atoms with Gasteiger partial charge < -0.3 is 11.6 Å². The van der Waals surface area contributed by atoms with Crippen LogP contribution >= 0.6 is 0 Å². The normalized spacial score (nSPS) is 10.6. The highest BCUT2D eigenvalue weighted by atomic mass is 15.4. The lowest BCUT2D eigenvalue weighted by molar-refractivity contribution is 0.805. The number of nitrogens with zero attached hydrogens (tertiary/aromatic N) is 3. The molecule has 0 bridgehead atoms. The molecule has 2 rings (SSSR count). The zero-order valence-electron chi connectivity index (χ0n) is 9.22. The molecule has 1 aromatic carbocycles. The monoisotopic (exact) mass is 217 g/mol. The van der Waals surface area contributed by atoms with Crippen LogP contribution in [0.1, 0.15) is 17.0 Å². The lowest BCUT2D eigenvalue weighted by Gasteiger charge is -2.02. The first-order chi connectivity index (χ1) is 7.66. The molecule has 0 saturated heterocycles. The minimum absolute atomic E-state index is 0.249. The van der Waals surface area contributed by atoms with Crippen molar-refractivity contribution in [1.29, 1.82) is 0 Å². The molecule has 0 radical (unpaired) electrons. The summed E-state index contributed by atoms with van der Waals surface area (Å²) in [6.45, 7) is 2.08. The highest BCUT2D eigenvalue weighted by Gasteiger charge is 2.06. The third-order valence-corrected chi connectivity index (χ3v) is 2.51. The maximum absolute atomic E-state index is 5.66. The van der Waals surface area contributed by atoms with Crippen molar-refractivity contribution in [3.05, 3.63) is 41.2 Å². The summed E-state index contributed by atoms with van der Waals surface area (Å²) in [5, 5.41) is 7.63. The van der Waals surface area contributed by atoms with Crippen molar-refractivity contribution in [2.75, 3.05) is 11.6 Å². The number of nitrogen functional groups attached to an aromatic ring is 2. The fourth-order valence-electron chi connectivity index (χ4n) is 1.63. The van der Waals surface area contributed by atoms with Gasteiger partial charge in [0.05, 0.1) is 0 Å². The molecule has 1 aromatic heterocycles. The Morgan fingerprint density at radius 2 is 2.06 bits per heavy atom. The largest absolute Gasteiger partial charge is 0.366 e. The lowest BCUT2D eigenvalue weighted by atomic mass is 10.1. The van der Waals surface area contributed by atoms with Crippen LogP contribution in [0.25, 0.3) is 0 Å². The topological polar surface area (TPSA) is 82.8 Å². The van der Waals surface area contributed by atoms with E-state index in [2.05, 4.69) is 35.3 Å². The third kappa shape index (κ3) is 2.13. The molecule has 0 unspecified atom stereocenters. The second-order valence-electron chi connectivity index (χ2n) is 3.83. The molecule has 84 valence electrons. The first-order valence-corrected chi connectivity index (χ1v) is 5.17. The summed E-state index contributed by atoms with van der Waals surface area (Å²) in [5.41, 5.74) is 8.02. The van der Waals surface area contributed by atoms with E-state index in [9.17, 15) is 0 Å². The van der Waals surface area contributed by atoms with Crippen molar-refractivity contribution in [3.63, 3.8) is 0 Å². The van der Waals surface area contributed by atoms with Crippen LogP contribution in [-0.4, -0.2) is 14.9 Å². The number of rotatable bonds is 3. The van der Waals surface area contributed by atoms with Gasteiger partial charge in [0.25, 0.3) is 0 Å². The molecule has 4 N–H and O–H groups in total. The number of anilines is 1. The summed E-state index contributed by atoms with van der Waals surface area (Å²) in [6.07, 6.45) is 1.63. The first kappa shape index (κ1) is 10.5. The molecule has 0 spiro atoms. The Hall–Kier alpha value is -2.04. The third-order valence-electron chi connectivity index (χ3n) is 2.51. The predicted octanol–water partition coefficient (Wildman–Crippen LogP) is 0.668. The van der Waals surface area contributed by atoms with E-state index in [0.717, 1.165) is 12.8 Å². The number of hydrogen-bond donors (Lipinski definition) is 2. The van der Waals surface area contributed by atoms with Crippen molar-refractivity contribution in [2.45, 2.75) is 19.8 Å². The molecule has 5 heteroatoms. The smallest absolute Gasteiger partial charge is 0.240 e. The van der Waals surface area contributed by atoms with Crippen molar-refractivity contribution >= 4 is 5.95 Å². The summed E-state index contributed by atoms with van der Waals surface area (Å²) in [5.74, 6) is 6.62. The summed E-state index contributed by atoms with van der Waals surface area (Å²) in [6, 6.07) is 8.37. The number of aromatic nitrogens is 3. The predicted molar refractivity (Wildman–Crippen MR) is 63.2 cm³/mol. The van der Waals surface area contributed by atoms with Gasteiger partial charge in [-0.15, -0.1) is 10.2 Å². The van der Waals surface area contributed by atoms with Crippen LogP contribution in [0.4, 0.5) is 5.95 Å². The molecule has 1 heterocycles. The van der Waals surface area contributed by atoms with Crippen molar-refractivity contribution in [3.8, 4) is 0 Å². The number of benzene rings is 1. The maximum Gasteiger partial charge on any atom is 0.240 e. The van der Waals surface area contributed by atoms with Gasteiger partial charge in [0, 0.05) is 6.42 Å². The average Bonchev–Trinajstić information content (AvgIpc) is 2.57. The molecule has 0 fully saturated rings. The Morgan fingerprint density at radius 3 is 2.69 bits per heavy atom. The number of nitrogens with two attached hydrogens (primary N) is 2. The SMILES string of the molecule is Cc1cccc(CCc2nnc(N)n2N)c1. The molecule has 0 aliphatic heterocycles. The highest BCUT2D eigenvalue weighted by molar-refractivity contribution is 5.23. The van der Waals surface area contributed by atoms with Crippen LogP contribution in [0, 0.1) is 6.92 Å². The summed E-state index contributed by atoms with van der Waals surface area (Å²) in [7, 11) is 0. The Morgan fingerprint density at radius 1 is 1.25 bits per heavy atom. The fourth-order valence-corrected chi connectivity index (χ4v) is 1.63. The van der Waals surface area contributed by atoms with E-state index in [1.165, 1.54) is 15.8 Å². The molecule has 16 heavy (non-hydrogen) atoms. The Balaban J connectivity index is 2.05. The van der Waals surface area contributed by atoms with Gasteiger partial charge in [-0.2, -0.15) is 0 Å². The molecule has 0 atom stereocenters. The van der Waals surface area contributed by atoms with E-state index in [-0.39, 0.29) is 5.95 Å². The molecule has 0 saturated carbocycles. The second kappa shape index (κ2) is 4.22. The van der Waals surface area contributed by atoms with E-state index in [1.807, 2.05) is 6.07 Å². The number of hydrogen-bond acceptors (Lipinski definition) is 4. The van der Waals surface area contributed by atoms with E-state index in [1.54, 1.807) is 0 Å². The van der Waals surface area contributed by atoms with Gasteiger partial charge in [0.2, 0.25) is 5.95 Å². The summed E-state index contributed by atoms with van der Waals surface area (Å²) < 4.78 is 1.33. The molecular weight excluding hydrogens is 202 g/mol. The maximum atomic E-state index is 5.66. The van der Waals surface area contributed by atoms with Gasteiger partial charge >= 0.3 is 0 Å². The van der Waals surface area contributed by atoms with E-state index in [4.69, 9.17) is 11.6 Å². The van der Waals surface area contributed by atoms with Crippen LogP contribution in [0.2, 0.25) is 0 Å².